The Bertz CT molecular complexity index is 4560. The number of nitrogens with two attached hydrogens (primary N) is 2. The summed E-state index contributed by atoms with van der Waals surface area (Å²) in [4.78, 5) is 176. The predicted octanol–water partition coefficient (Wildman–Crippen LogP) is 4.52. The Morgan fingerprint density at radius 1 is 0.752 bits per heavy atom. The van der Waals surface area contributed by atoms with Gasteiger partial charge in [0.15, 0.2) is 17.1 Å². The van der Waals surface area contributed by atoms with E-state index in [1.165, 1.54) is 30.5 Å². The van der Waals surface area contributed by atoms with Crippen molar-refractivity contribution in [3.05, 3.63) is 118 Å². The first-order valence-electron chi connectivity index (χ1n) is 32.8. The number of amides is 7. The van der Waals surface area contributed by atoms with Crippen molar-refractivity contribution < 1.29 is 77.6 Å². The van der Waals surface area contributed by atoms with Crippen molar-refractivity contribution in [1.82, 2.24) is 56.8 Å². The molecule has 7 aromatic rings. The van der Waals surface area contributed by atoms with E-state index in [0.717, 1.165) is 43.6 Å². The number of aromatic nitrogens is 5. The highest BCUT2D eigenvalue weighted by Crippen LogP contribution is 2.48. The fourth-order valence-electron chi connectivity index (χ4n) is 10.8. The lowest BCUT2D eigenvalue weighted by molar-refractivity contribution is -0.143. The van der Waals surface area contributed by atoms with E-state index in [0.29, 0.717) is 46.0 Å². The van der Waals surface area contributed by atoms with Gasteiger partial charge >= 0.3 is 23.9 Å². The van der Waals surface area contributed by atoms with Gasteiger partial charge in [0.1, 0.15) is 41.7 Å². The number of halogens is 1. The van der Waals surface area contributed by atoms with Crippen molar-refractivity contribution in [3.63, 3.8) is 0 Å². The maximum atomic E-state index is 14.5. The molecule has 105 heavy (non-hydrogen) atoms. The zero-order chi connectivity index (χ0) is 76.6. The van der Waals surface area contributed by atoms with E-state index in [1.807, 2.05) is 30.3 Å². The lowest BCUT2D eigenvalue weighted by Gasteiger charge is -2.37. The number of aliphatic carboxylic acids is 4. The lowest BCUT2D eigenvalue weighted by Crippen LogP contribution is -2.58. The van der Waals surface area contributed by atoms with Crippen molar-refractivity contribution in [2.75, 3.05) is 51.7 Å². The molecule has 4 aromatic carbocycles. The summed E-state index contributed by atoms with van der Waals surface area (Å²) in [7, 11) is -0.264. The van der Waals surface area contributed by atoms with Crippen molar-refractivity contribution in [3.8, 4) is 5.75 Å². The van der Waals surface area contributed by atoms with Gasteiger partial charge in [-0.2, -0.15) is 4.98 Å². The van der Waals surface area contributed by atoms with Crippen LogP contribution in [0.1, 0.15) is 104 Å². The first kappa shape index (κ1) is 79.6. The molecular formula is C67H80ClN17O17S2Si. The Balaban J connectivity index is 0.819. The van der Waals surface area contributed by atoms with E-state index in [4.69, 9.17) is 32.9 Å². The summed E-state index contributed by atoms with van der Waals surface area (Å²) in [5.41, 5.74) is 14.3. The van der Waals surface area contributed by atoms with Crippen LogP contribution >= 0.6 is 33.2 Å². The molecule has 0 fully saturated rings. The van der Waals surface area contributed by atoms with Crippen molar-refractivity contribution in [2.45, 2.75) is 127 Å². The van der Waals surface area contributed by atoms with Gasteiger partial charge in [-0.3, -0.25) is 58.3 Å². The van der Waals surface area contributed by atoms with Crippen LogP contribution in [0, 0.1) is 5.41 Å². The van der Waals surface area contributed by atoms with E-state index in [1.54, 1.807) is 29.2 Å². The standard InChI is InChI=1S/C67H80ClN17O17S2Si/c1-67(2,3)105(4,5)102-49-27-48-54(40-10-7-6-9-39(40)49)35(28-68)31-85(48)62(97)46-24-34-23-37(16-17-41(34)77-46)75-51(87)20-22-103-104-32-47(64(100)101)82-60(95)45(26-53(90)91)81-58(93)42(11-8-21-72-65(69)70)79-59(94)44(25-52(88)89)78-50(86)19-18-43(63(98)99)80-57(92)33-12-14-36(15-13-33)73-29-38-30-74-56-55(76-38)61(96)84-66(71)83-56/h6-7,9-10,12-17,23-24,27,30,35,42-45,47,73,77H,8,11,18-22,25-26,28-29,31-32H2,1-5H3,(H,75,87)(H,78,86)(H,79,94)(H,80,92)(H,81,93)(H,82,95)(H,88,89)(H,90,91)(H,98,99)(H,100,101)(H4,69,70,72)(H3,71,74,83,84,96)/t35?,42-,43-,44-,45-,47-/m0/s1. The average Bonchev–Trinajstić information content (AvgIpc) is 1.61. The van der Waals surface area contributed by atoms with Crippen LogP contribution in [0.4, 0.5) is 23.0 Å². The quantitative estimate of drug-likeness (QED) is 0.00641. The number of hydrogen-bond acceptors (Lipinski definition) is 21. The van der Waals surface area contributed by atoms with E-state index in [-0.39, 0.29) is 89.3 Å². The summed E-state index contributed by atoms with van der Waals surface area (Å²) in [6.45, 7) is 11.2. The molecule has 0 saturated heterocycles. The number of hydrogen-bond donors (Lipinski definition) is 17. The van der Waals surface area contributed by atoms with Crippen LogP contribution in [0.5, 0.6) is 5.75 Å². The van der Waals surface area contributed by atoms with Crippen LogP contribution in [0.15, 0.2) is 89.9 Å². The topological polar surface area (TPSA) is 541 Å². The minimum Gasteiger partial charge on any atom is -0.543 e. The van der Waals surface area contributed by atoms with E-state index in [9.17, 15) is 78.0 Å². The maximum absolute atomic E-state index is 14.5. The highest BCUT2D eigenvalue weighted by Gasteiger charge is 2.42. The number of aromatic amines is 2. The lowest BCUT2D eigenvalue weighted by atomic mass is 9.95. The second-order valence-corrected chi connectivity index (χ2v) is 33.7. The van der Waals surface area contributed by atoms with Crippen LogP contribution in [0.3, 0.4) is 0 Å². The SMILES string of the molecule is CC(C)(C)[Si](C)(C)Oc1cc2c(c3ccccc13)C(CCl)CN2C(=O)c1cc2cc(NC(=O)CCSSC[C@H](NC(=O)[C@H](CC(=O)O)NC(=O)[C@H](CCCNC(=N)N)NC(=O)[C@H](CC(=O)O)NC(=O)CC[C@H](NC(=O)c3ccc(NCc4cnc5nc(N)[nH]c(=O)c5n4)cc3)C(=O)O)C(=O)O)ccc2[nH]1. The van der Waals surface area contributed by atoms with Gasteiger partial charge in [-0.1, -0.05) is 66.6 Å². The third-order valence-electron chi connectivity index (χ3n) is 17.2. The highest BCUT2D eigenvalue weighted by molar-refractivity contribution is 8.76. The van der Waals surface area contributed by atoms with Crippen LogP contribution in [0.25, 0.3) is 32.8 Å². The van der Waals surface area contributed by atoms with Crippen LogP contribution in [0.2, 0.25) is 18.1 Å². The molecular weight excluding hydrogens is 1440 g/mol. The van der Waals surface area contributed by atoms with Crippen LogP contribution in [-0.4, -0.2) is 186 Å². The smallest absolute Gasteiger partial charge is 0.327 e. The molecule has 0 spiro atoms. The normalized spacial score (nSPS) is 14.2. The molecule has 4 heterocycles. The molecule has 0 aliphatic carbocycles. The van der Waals surface area contributed by atoms with E-state index < -0.39 is 135 Å². The van der Waals surface area contributed by atoms with Gasteiger partial charge in [0, 0.05) is 88.5 Å². The minimum atomic E-state index is -2.32. The number of carbonyl (C=O) groups excluding carboxylic acids is 7. The molecule has 3 aromatic heterocycles. The molecule has 34 nitrogen and oxygen atoms in total. The molecule has 1 aliphatic rings. The zero-order valence-electron chi connectivity index (χ0n) is 57.5. The number of fused-ring (bicyclic) bond motifs is 5. The van der Waals surface area contributed by atoms with Crippen LogP contribution < -0.4 is 68.9 Å². The number of alkyl halides is 1. The van der Waals surface area contributed by atoms with Gasteiger partial charge in [0.05, 0.1) is 37.0 Å². The average molecular weight is 1520 g/mol. The number of anilines is 4. The number of nitrogens with zero attached hydrogens (tertiary/aromatic N) is 4. The third-order valence-corrected chi connectivity index (χ3v) is 24.4. The summed E-state index contributed by atoms with van der Waals surface area (Å²) in [5, 5.41) is 69.1. The monoisotopic (exact) mass is 1520 g/mol. The summed E-state index contributed by atoms with van der Waals surface area (Å²) in [6.07, 6.45) is -2.54. The summed E-state index contributed by atoms with van der Waals surface area (Å²) in [5.74, 6) is -12.7. The first-order chi connectivity index (χ1) is 49.7. The van der Waals surface area contributed by atoms with Crippen molar-refractivity contribution in [1.29, 1.82) is 5.41 Å². The Kier molecular flexibility index (Phi) is 26.9. The number of carbonyl (C=O) groups is 11. The van der Waals surface area contributed by atoms with Gasteiger partial charge in [0.25, 0.3) is 25.7 Å². The largest absolute Gasteiger partial charge is 0.543 e. The summed E-state index contributed by atoms with van der Waals surface area (Å²) in [6, 6.07) is 13.4. The predicted molar refractivity (Wildman–Crippen MR) is 397 cm³/mol. The van der Waals surface area contributed by atoms with Gasteiger partial charge in [-0.25, -0.2) is 19.6 Å². The fraction of sp³-hybridized carbons (Fsp3) is 0.373. The number of nitrogen functional groups attached to an aromatic ring is 1. The van der Waals surface area contributed by atoms with E-state index >= 15 is 0 Å². The number of benzene rings is 4. The first-order valence-corrected chi connectivity index (χ1v) is 38.7. The number of guanidine groups is 1. The second-order valence-electron chi connectivity index (χ2n) is 26.0. The minimum absolute atomic E-state index is 0.00735. The summed E-state index contributed by atoms with van der Waals surface area (Å²) < 4.78 is 6.88. The van der Waals surface area contributed by atoms with Gasteiger partial charge < -0.3 is 88.7 Å². The Labute approximate surface area is 612 Å². The molecule has 558 valence electrons. The van der Waals surface area contributed by atoms with Gasteiger partial charge in [0.2, 0.25) is 35.5 Å². The molecule has 19 N–H and O–H groups in total. The Hall–Kier alpha value is -11.1. The number of rotatable bonds is 36. The van der Waals surface area contributed by atoms with Crippen molar-refractivity contribution >= 4 is 169 Å². The van der Waals surface area contributed by atoms with Crippen molar-refractivity contribution in [2.24, 2.45) is 5.73 Å². The molecule has 0 saturated carbocycles. The van der Waals surface area contributed by atoms with Gasteiger partial charge in [-0.05, 0) is 96.9 Å². The number of carboxylic acid groups (broad SMARTS) is 4. The molecule has 1 aliphatic heterocycles. The molecule has 0 bridgehead atoms. The van der Waals surface area contributed by atoms with E-state index in [2.05, 4.69) is 101 Å². The Morgan fingerprint density at radius 2 is 1.39 bits per heavy atom. The molecule has 6 atom stereocenters. The molecule has 7 amide bonds. The zero-order valence-corrected chi connectivity index (χ0v) is 60.9. The summed E-state index contributed by atoms with van der Waals surface area (Å²) >= 11 is 6.59. The molecule has 0 radical (unpaired) electrons. The molecule has 38 heteroatoms. The fourth-order valence-corrected chi connectivity index (χ4v) is 14.3. The van der Waals surface area contributed by atoms with Crippen LogP contribution in [-0.2, 0) is 49.7 Å². The second kappa shape index (κ2) is 35.4. The number of nitrogens with one attached hydrogen (secondary N) is 11. The van der Waals surface area contributed by atoms with Gasteiger partial charge in [-0.15, -0.1) is 11.6 Å². The Morgan fingerprint density at radius 3 is 2.04 bits per heavy atom. The molecule has 8 rings (SSSR count). The maximum Gasteiger partial charge on any atom is 0.327 e. The number of carboxylic acids is 4. The third kappa shape index (κ3) is 21.5. The highest BCUT2D eigenvalue weighted by atomic mass is 35.5. The molecule has 1 unspecified atom stereocenters. The number of H-pyrrole nitrogens is 2.